The molecule has 0 bridgehead atoms. The number of hydrogen-bond acceptors (Lipinski definition) is 2. The number of aliphatic imine (C=N–C) groups is 1. The number of carbonyl (C=O) groups is 1. The smallest absolute Gasteiger partial charge is 0.251 e. The second kappa shape index (κ2) is 12.3. The normalized spacial score (nSPS) is 10.8. The van der Waals surface area contributed by atoms with Crippen molar-refractivity contribution in [1.82, 2.24) is 16.0 Å². The third kappa shape index (κ3) is 7.79. The SMILES string of the molecule is CCNC(=NCc1cccc(F)c1)NCCNC(=O)c1ccc(C)c(F)c1.I. The molecule has 0 saturated heterocycles. The van der Waals surface area contributed by atoms with Gasteiger partial charge in [-0.15, -0.1) is 24.0 Å². The molecule has 0 aromatic heterocycles. The average molecular weight is 502 g/mol. The standard InChI is InChI=1S/C20H24F2N4O.HI/c1-3-23-20(26-13-15-5-4-6-17(21)11-15)25-10-9-24-19(27)16-8-7-14(2)18(22)12-16;/h4-8,11-12H,3,9-10,13H2,1-2H3,(H,24,27)(H2,23,25,26);1H. The van der Waals surface area contributed by atoms with Crippen LogP contribution in [-0.4, -0.2) is 31.5 Å². The van der Waals surface area contributed by atoms with E-state index < -0.39 is 5.82 Å². The van der Waals surface area contributed by atoms with E-state index in [4.69, 9.17) is 0 Å². The Morgan fingerprint density at radius 2 is 1.79 bits per heavy atom. The van der Waals surface area contributed by atoms with Crippen molar-refractivity contribution in [2.75, 3.05) is 19.6 Å². The van der Waals surface area contributed by atoms with Gasteiger partial charge in [0.15, 0.2) is 5.96 Å². The number of guanidine groups is 1. The van der Waals surface area contributed by atoms with E-state index in [2.05, 4.69) is 20.9 Å². The van der Waals surface area contributed by atoms with E-state index in [0.717, 1.165) is 5.56 Å². The quantitative estimate of drug-likeness (QED) is 0.236. The summed E-state index contributed by atoms with van der Waals surface area (Å²) in [7, 11) is 0. The monoisotopic (exact) mass is 502 g/mol. The Labute approximate surface area is 181 Å². The number of hydrogen-bond donors (Lipinski definition) is 3. The number of benzene rings is 2. The maximum atomic E-state index is 13.5. The fraction of sp³-hybridized carbons (Fsp3) is 0.300. The second-order valence-corrected chi connectivity index (χ2v) is 5.97. The Morgan fingerprint density at radius 3 is 2.46 bits per heavy atom. The highest BCUT2D eigenvalue weighted by atomic mass is 127. The minimum atomic E-state index is -0.403. The number of amides is 1. The summed E-state index contributed by atoms with van der Waals surface area (Å²) in [6.07, 6.45) is 0. The molecule has 0 fully saturated rings. The van der Waals surface area contributed by atoms with Crippen molar-refractivity contribution in [2.24, 2.45) is 4.99 Å². The van der Waals surface area contributed by atoms with E-state index >= 15 is 0 Å². The maximum absolute atomic E-state index is 13.5. The summed E-state index contributed by atoms with van der Waals surface area (Å²) in [5.74, 6) is -0.467. The number of halogens is 3. The molecule has 0 radical (unpaired) electrons. The molecule has 2 rings (SSSR count). The van der Waals surface area contributed by atoms with Crippen molar-refractivity contribution >= 4 is 35.8 Å². The van der Waals surface area contributed by atoms with Gasteiger partial charge in [0, 0.05) is 25.2 Å². The Morgan fingerprint density at radius 1 is 1.04 bits per heavy atom. The van der Waals surface area contributed by atoms with Crippen LogP contribution in [0.1, 0.15) is 28.4 Å². The summed E-state index contributed by atoms with van der Waals surface area (Å²) in [5, 5.41) is 8.90. The van der Waals surface area contributed by atoms with Gasteiger partial charge in [-0.1, -0.05) is 18.2 Å². The molecule has 0 atom stereocenters. The number of nitrogens with one attached hydrogen (secondary N) is 3. The lowest BCUT2D eigenvalue weighted by Gasteiger charge is -2.12. The van der Waals surface area contributed by atoms with Crippen molar-refractivity contribution < 1.29 is 13.6 Å². The third-order valence-electron chi connectivity index (χ3n) is 3.79. The highest BCUT2D eigenvalue weighted by molar-refractivity contribution is 14.0. The van der Waals surface area contributed by atoms with Crippen LogP contribution >= 0.6 is 24.0 Å². The number of nitrogens with zero attached hydrogens (tertiary/aromatic N) is 1. The van der Waals surface area contributed by atoms with Crippen molar-refractivity contribution in [2.45, 2.75) is 20.4 Å². The highest BCUT2D eigenvalue weighted by Crippen LogP contribution is 2.09. The van der Waals surface area contributed by atoms with E-state index in [1.165, 1.54) is 18.2 Å². The van der Waals surface area contributed by atoms with Crippen LogP contribution in [0.3, 0.4) is 0 Å². The van der Waals surface area contributed by atoms with E-state index in [0.29, 0.717) is 37.7 Å². The van der Waals surface area contributed by atoms with Crippen molar-refractivity contribution in [1.29, 1.82) is 0 Å². The molecule has 0 aliphatic carbocycles. The molecule has 152 valence electrons. The zero-order valence-corrected chi connectivity index (χ0v) is 18.2. The fourth-order valence-electron chi connectivity index (χ4n) is 2.34. The molecule has 0 unspecified atom stereocenters. The molecule has 0 spiro atoms. The molecule has 0 aliphatic rings. The van der Waals surface area contributed by atoms with Gasteiger partial charge in [0.2, 0.25) is 0 Å². The van der Waals surface area contributed by atoms with Crippen LogP contribution in [0.25, 0.3) is 0 Å². The Hall–Kier alpha value is -2.23. The minimum Gasteiger partial charge on any atom is -0.357 e. The Bertz CT molecular complexity index is 815. The first-order valence-electron chi connectivity index (χ1n) is 8.80. The van der Waals surface area contributed by atoms with Crippen LogP contribution in [0.15, 0.2) is 47.5 Å². The summed E-state index contributed by atoms with van der Waals surface area (Å²) in [4.78, 5) is 16.4. The van der Waals surface area contributed by atoms with E-state index in [-0.39, 0.29) is 41.3 Å². The second-order valence-electron chi connectivity index (χ2n) is 5.97. The van der Waals surface area contributed by atoms with Crippen molar-refractivity contribution in [3.05, 3.63) is 70.8 Å². The van der Waals surface area contributed by atoms with Gasteiger partial charge in [-0.2, -0.15) is 0 Å². The Balaban J connectivity index is 0.00000392. The number of rotatable bonds is 7. The third-order valence-corrected chi connectivity index (χ3v) is 3.79. The van der Waals surface area contributed by atoms with Gasteiger partial charge in [0.1, 0.15) is 11.6 Å². The van der Waals surface area contributed by atoms with Crippen LogP contribution in [0.2, 0.25) is 0 Å². The van der Waals surface area contributed by atoms with Gasteiger partial charge in [0.25, 0.3) is 5.91 Å². The van der Waals surface area contributed by atoms with Crippen molar-refractivity contribution in [3.8, 4) is 0 Å². The number of carbonyl (C=O) groups excluding carboxylic acids is 1. The van der Waals surface area contributed by atoms with E-state index in [9.17, 15) is 13.6 Å². The van der Waals surface area contributed by atoms with Crippen molar-refractivity contribution in [3.63, 3.8) is 0 Å². The van der Waals surface area contributed by atoms with Gasteiger partial charge < -0.3 is 16.0 Å². The molecule has 0 saturated carbocycles. The fourth-order valence-corrected chi connectivity index (χ4v) is 2.34. The molecular weight excluding hydrogens is 477 g/mol. The molecule has 8 heteroatoms. The van der Waals surface area contributed by atoms with Gasteiger partial charge in [-0.3, -0.25) is 4.79 Å². The van der Waals surface area contributed by atoms with E-state index in [1.807, 2.05) is 6.92 Å². The summed E-state index contributed by atoms with van der Waals surface area (Å²) in [6, 6.07) is 10.7. The van der Waals surface area contributed by atoms with Crippen LogP contribution in [-0.2, 0) is 6.54 Å². The van der Waals surface area contributed by atoms with Crippen LogP contribution < -0.4 is 16.0 Å². The lowest BCUT2D eigenvalue weighted by atomic mass is 10.1. The largest absolute Gasteiger partial charge is 0.357 e. The topological polar surface area (TPSA) is 65.5 Å². The molecule has 3 N–H and O–H groups in total. The molecule has 0 aliphatic heterocycles. The Kier molecular flexibility index (Phi) is 10.4. The molecule has 2 aromatic rings. The minimum absolute atomic E-state index is 0. The summed E-state index contributed by atoms with van der Waals surface area (Å²) >= 11 is 0. The van der Waals surface area contributed by atoms with Gasteiger partial charge in [-0.25, -0.2) is 13.8 Å². The van der Waals surface area contributed by atoms with E-state index in [1.54, 1.807) is 31.2 Å². The molecule has 28 heavy (non-hydrogen) atoms. The predicted molar refractivity (Wildman–Crippen MR) is 118 cm³/mol. The summed E-state index contributed by atoms with van der Waals surface area (Å²) in [5.41, 5.74) is 1.55. The number of aryl methyl sites for hydroxylation is 1. The highest BCUT2D eigenvalue weighted by Gasteiger charge is 2.07. The predicted octanol–water partition coefficient (Wildman–Crippen LogP) is 3.38. The lowest BCUT2D eigenvalue weighted by Crippen LogP contribution is -2.41. The zero-order valence-electron chi connectivity index (χ0n) is 15.9. The van der Waals surface area contributed by atoms with Gasteiger partial charge >= 0.3 is 0 Å². The first kappa shape index (κ1) is 23.8. The summed E-state index contributed by atoms with van der Waals surface area (Å²) in [6.45, 7) is 5.37. The van der Waals surface area contributed by atoms with Gasteiger partial charge in [0.05, 0.1) is 6.54 Å². The molecule has 1 amide bonds. The molecule has 0 heterocycles. The zero-order chi connectivity index (χ0) is 19.6. The van der Waals surface area contributed by atoms with Crippen LogP contribution in [0.5, 0.6) is 0 Å². The van der Waals surface area contributed by atoms with Gasteiger partial charge in [-0.05, 0) is 49.2 Å². The first-order chi connectivity index (χ1) is 13.0. The lowest BCUT2D eigenvalue weighted by molar-refractivity contribution is 0.0954. The van der Waals surface area contributed by atoms with Crippen LogP contribution in [0, 0.1) is 18.6 Å². The van der Waals surface area contributed by atoms with Crippen LogP contribution in [0.4, 0.5) is 8.78 Å². The summed E-state index contributed by atoms with van der Waals surface area (Å²) < 4.78 is 26.7. The molecular formula is C20H25F2IN4O. The maximum Gasteiger partial charge on any atom is 0.251 e. The molecule has 5 nitrogen and oxygen atoms in total. The average Bonchev–Trinajstić information content (AvgIpc) is 2.65. The first-order valence-corrected chi connectivity index (χ1v) is 8.80. The molecule has 2 aromatic carbocycles.